The van der Waals surface area contributed by atoms with Crippen molar-refractivity contribution in [2.24, 2.45) is 0 Å². The van der Waals surface area contributed by atoms with Crippen LogP contribution in [0.2, 0.25) is 0 Å². The number of rotatable bonds is 4. The van der Waals surface area contributed by atoms with Crippen LogP contribution in [0.15, 0.2) is 0 Å². The fourth-order valence-corrected chi connectivity index (χ4v) is 1.62. The molecular weight excluding hydrogens is 182 g/mol. The Balaban J connectivity index is 2.35. The Bertz CT molecular complexity index is 211. The topological polar surface area (TPSA) is 49.8 Å². The number of aliphatic hydroxyl groups is 1. The molecule has 0 aromatic heterocycles. The van der Waals surface area contributed by atoms with Gasteiger partial charge in [0.25, 0.3) is 0 Å². The molecule has 0 saturated carbocycles. The van der Waals surface area contributed by atoms with E-state index < -0.39 is 5.60 Å². The van der Waals surface area contributed by atoms with E-state index in [-0.39, 0.29) is 12.0 Å². The van der Waals surface area contributed by atoms with Crippen LogP contribution < -0.4 is 0 Å². The van der Waals surface area contributed by atoms with E-state index in [0.29, 0.717) is 19.7 Å². The van der Waals surface area contributed by atoms with Gasteiger partial charge in [0.2, 0.25) is 0 Å². The Morgan fingerprint density at radius 2 is 2.14 bits per heavy atom. The average molecular weight is 201 g/mol. The first-order chi connectivity index (χ1) is 6.52. The van der Waals surface area contributed by atoms with Crippen molar-refractivity contribution in [1.29, 1.82) is 0 Å². The molecule has 0 bridgehead atoms. The monoisotopic (exact) mass is 201 g/mol. The van der Waals surface area contributed by atoms with Crippen molar-refractivity contribution in [1.82, 2.24) is 4.90 Å². The van der Waals surface area contributed by atoms with Crippen molar-refractivity contribution in [3.8, 4) is 0 Å². The minimum absolute atomic E-state index is 0.203. The largest absolute Gasteiger partial charge is 0.465 e. The maximum absolute atomic E-state index is 11.3. The molecule has 1 saturated heterocycles. The highest BCUT2D eigenvalue weighted by atomic mass is 16.5. The molecule has 4 nitrogen and oxygen atoms in total. The average Bonchev–Trinajstić information content (AvgIpc) is 2.12. The van der Waals surface area contributed by atoms with Crippen LogP contribution in [0.5, 0.6) is 0 Å². The number of likely N-dealkylation sites (tertiary alicyclic amines) is 1. The molecule has 1 aliphatic rings. The maximum Gasteiger partial charge on any atom is 0.323 e. The summed E-state index contributed by atoms with van der Waals surface area (Å²) in [5.41, 5.74) is -0.583. The molecule has 0 aliphatic carbocycles. The lowest BCUT2D eigenvalue weighted by Crippen LogP contribution is -2.65. The SMILES string of the molecule is CCOC(=O)C(C)N1CC(O)(CC)C1. The van der Waals surface area contributed by atoms with E-state index in [2.05, 4.69) is 0 Å². The van der Waals surface area contributed by atoms with Crippen LogP contribution in [-0.4, -0.2) is 47.3 Å². The standard InChI is InChI=1S/C10H19NO3/c1-4-10(13)6-11(7-10)8(3)9(12)14-5-2/h8,13H,4-7H2,1-3H3. The summed E-state index contributed by atoms with van der Waals surface area (Å²) in [5, 5.41) is 9.76. The van der Waals surface area contributed by atoms with Crippen molar-refractivity contribution >= 4 is 5.97 Å². The van der Waals surface area contributed by atoms with Crippen LogP contribution >= 0.6 is 0 Å². The van der Waals surface area contributed by atoms with E-state index in [4.69, 9.17) is 4.74 Å². The lowest BCUT2D eigenvalue weighted by molar-refractivity contribution is -0.162. The van der Waals surface area contributed by atoms with Gasteiger partial charge in [0.1, 0.15) is 6.04 Å². The van der Waals surface area contributed by atoms with E-state index in [1.807, 2.05) is 18.7 Å². The van der Waals surface area contributed by atoms with Gasteiger partial charge in [-0.2, -0.15) is 0 Å². The second-order valence-electron chi connectivity index (χ2n) is 3.91. The van der Waals surface area contributed by atoms with Gasteiger partial charge in [-0.1, -0.05) is 6.92 Å². The number of carbonyl (C=O) groups is 1. The fraction of sp³-hybridized carbons (Fsp3) is 0.900. The number of hydrogen-bond acceptors (Lipinski definition) is 4. The zero-order chi connectivity index (χ0) is 10.8. The van der Waals surface area contributed by atoms with E-state index >= 15 is 0 Å². The van der Waals surface area contributed by atoms with Crippen molar-refractivity contribution in [3.05, 3.63) is 0 Å². The third-order valence-electron chi connectivity index (χ3n) is 2.83. The van der Waals surface area contributed by atoms with Crippen LogP contribution in [0, 0.1) is 0 Å². The first kappa shape index (κ1) is 11.5. The molecule has 1 N–H and O–H groups in total. The van der Waals surface area contributed by atoms with Crippen molar-refractivity contribution in [2.45, 2.75) is 38.8 Å². The van der Waals surface area contributed by atoms with Crippen LogP contribution in [0.25, 0.3) is 0 Å². The molecule has 0 spiro atoms. The van der Waals surface area contributed by atoms with Gasteiger partial charge in [0.05, 0.1) is 12.2 Å². The lowest BCUT2D eigenvalue weighted by Gasteiger charge is -2.48. The summed E-state index contributed by atoms with van der Waals surface area (Å²) in [4.78, 5) is 13.3. The smallest absolute Gasteiger partial charge is 0.323 e. The van der Waals surface area contributed by atoms with Gasteiger partial charge in [0.15, 0.2) is 0 Å². The zero-order valence-electron chi connectivity index (χ0n) is 9.12. The van der Waals surface area contributed by atoms with E-state index in [1.165, 1.54) is 0 Å². The molecule has 1 aliphatic heterocycles. The molecule has 14 heavy (non-hydrogen) atoms. The van der Waals surface area contributed by atoms with Gasteiger partial charge >= 0.3 is 5.97 Å². The molecule has 1 rings (SSSR count). The van der Waals surface area contributed by atoms with Crippen molar-refractivity contribution < 1.29 is 14.6 Å². The van der Waals surface area contributed by atoms with Crippen molar-refractivity contribution in [3.63, 3.8) is 0 Å². The van der Waals surface area contributed by atoms with Crippen molar-refractivity contribution in [2.75, 3.05) is 19.7 Å². The van der Waals surface area contributed by atoms with E-state index in [9.17, 15) is 9.90 Å². The molecule has 4 heteroatoms. The van der Waals surface area contributed by atoms with Gasteiger partial charge in [-0.3, -0.25) is 9.69 Å². The summed E-state index contributed by atoms with van der Waals surface area (Å²) < 4.78 is 4.90. The predicted octanol–water partition coefficient (Wildman–Crippen LogP) is 0.395. The molecule has 82 valence electrons. The minimum Gasteiger partial charge on any atom is -0.465 e. The number of β-amino-alcohol motifs (C(OH)–C–C–N with tert-alkyl or cyclic N) is 1. The maximum atomic E-state index is 11.3. The highest BCUT2D eigenvalue weighted by Crippen LogP contribution is 2.26. The highest BCUT2D eigenvalue weighted by Gasteiger charge is 2.43. The molecule has 1 atom stereocenters. The normalized spacial score (nSPS) is 22.6. The van der Waals surface area contributed by atoms with Crippen LogP contribution in [0.4, 0.5) is 0 Å². The summed E-state index contributed by atoms with van der Waals surface area (Å²) in [5.74, 6) is -0.203. The Morgan fingerprint density at radius 1 is 1.57 bits per heavy atom. The molecule has 0 aromatic carbocycles. The Morgan fingerprint density at radius 3 is 2.57 bits per heavy atom. The molecular formula is C10H19NO3. The minimum atomic E-state index is -0.583. The van der Waals surface area contributed by atoms with Gasteiger partial charge in [0, 0.05) is 13.1 Å². The Kier molecular flexibility index (Phi) is 3.50. The number of esters is 1. The van der Waals surface area contributed by atoms with Gasteiger partial charge in [-0.25, -0.2) is 0 Å². The summed E-state index contributed by atoms with van der Waals surface area (Å²) in [6.07, 6.45) is 0.735. The summed E-state index contributed by atoms with van der Waals surface area (Å²) in [6, 6.07) is -0.234. The number of ether oxygens (including phenoxy) is 1. The molecule has 1 fully saturated rings. The van der Waals surface area contributed by atoms with Crippen LogP contribution in [-0.2, 0) is 9.53 Å². The third-order valence-corrected chi connectivity index (χ3v) is 2.83. The first-order valence-corrected chi connectivity index (χ1v) is 5.15. The Hall–Kier alpha value is -0.610. The molecule has 0 aromatic rings. The summed E-state index contributed by atoms with van der Waals surface area (Å²) >= 11 is 0. The predicted molar refractivity (Wildman–Crippen MR) is 52.9 cm³/mol. The quantitative estimate of drug-likeness (QED) is 0.669. The van der Waals surface area contributed by atoms with Gasteiger partial charge < -0.3 is 9.84 Å². The van der Waals surface area contributed by atoms with E-state index in [1.54, 1.807) is 6.92 Å². The third kappa shape index (κ3) is 2.25. The number of carbonyl (C=O) groups excluding carboxylic acids is 1. The molecule has 1 unspecified atom stereocenters. The van der Waals surface area contributed by atoms with Gasteiger partial charge in [-0.15, -0.1) is 0 Å². The van der Waals surface area contributed by atoms with Crippen LogP contribution in [0.1, 0.15) is 27.2 Å². The van der Waals surface area contributed by atoms with Gasteiger partial charge in [-0.05, 0) is 20.3 Å². The van der Waals surface area contributed by atoms with Crippen LogP contribution in [0.3, 0.4) is 0 Å². The second-order valence-corrected chi connectivity index (χ2v) is 3.91. The number of hydrogen-bond donors (Lipinski definition) is 1. The second kappa shape index (κ2) is 4.28. The Labute approximate surface area is 84.8 Å². The molecule has 0 amide bonds. The summed E-state index contributed by atoms with van der Waals surface area (Å²) in [6.45, 7) is 7.12. The fourth-order valence-electron chi connectivity index (χ4n) is 1.62. The summed E-state index contributed by atoms with van der Waals surface area (Å²) in [7, 11) is 0. The highest BCUT2D eigenvalue weighted by molar-refractivity contribution is 5.75. The molecule has 0 radical (unpaired) electrons. The molecule has 1 heterocycles. The number of nitrogens with zero attached hydrogens (tertiary/aromatic N) is 1. The first-order valence-electron chi connectivity index (χ1n) is 5.15. The van der Waals surface area contributed by atoms with E-state index in [0.717, 1.165) is 6.42 Å². The lowest BCUT2D eigenvalue weighted by atomic mass is 9.90. The zero-order valence-corrected chi connectivity index (χ0v) is 9.12.